The lowest BCUT2D eigenvalue weighted by Gasteiger charge is -2.26. The molecule has 0 spiro atoms. The van der Waals surface area contributed by atoms with E-state index in [0.717, 1.165) is 13.1 Å². The molecule has 1 aromatic carbocycles. The van der Waals surface area contributed by atoms with Gasteiger partial charge in [0.2, 0.25) is 0 Å². The minimum Gasteiger partial charge on any atom is -0.316 e. The number of nitrogens with one attached hydrogen (secondary N) is 1. The molecule has 1 aliphatic heterocycles. The van der Waals surface area contributed by atoms with Crippen molar-refractivity contribution in [3.05, 3.63) is 34.6 Å². The van der Waals surface area contributed by atoms with Crippen molar-refractivity contribution < 1.29 is 9.18 Å². The van der Waals surface area contributed by atoms with E-state index in [0.29, 0.717) is 17.9 Å². The maximum Gasteiger partial charge on any atom is 0.145 e. The molecular formula is C12H13ClFNO. The van der Waals surface area contributed by atoms with Gasteiger partial charge in [0.1, 0.15) is 11.6 Å². The molecule has 0 saturated carbocycles. The van der Waals surface area contributed by atoms with Crippen molar-refractivity contribution in [2.24, 2.45) is 5.92 Å². The molecule has 0 atom stereocenters. The molecular weight excluding hydrogens is 229 g/mol. The maximum atomic E-state index is 13.5. The predicted molar refractivity (Wildman–Crippen MR) is 61.1 cm³/mol. The van der Waals surface area contributed by atoms with Crippen LogP contribution in [-0.4, -0.2) is 18.9 Å². The van der Waals surface area contributed by atoms with Crippen LogP contribution in [0.15, 0.2) is 18.2 Å². The van der Waals surface area contributed by atoms with Gasteiger partial charge in [0, 0.05) is 12.8 Å². The molecule has 0 bridgehead atoms. The Bertz CT molecular complexity index is 404. The first-order chi connectivity index (χ1) is 7.66. The van der Waals surface area contributed by atoms with Gasteiger partial charge in [-0.1, -0.05) is 23.7 Å². The van der Waals surface area contributed by atoms with Gasteiger partial charge in [-0.15, -0.1) is 0 Å². The third kappa shape index (κ3) is 2.60. The predicted octanol–water partition coefficient (Wildman–Crippen LogP) is 2.20. The molecule has 86 valence electrons. The molecule has 1 fully saturated rings. The van der Waals surface area contributed by atoms with Crippen molar-refractivity contribution in [2.45, 2.75) is 12.8 Å². The Morgan fingerprint density at radius 3 is 2.88 bits per heavy atom. The van der Waals surface area contributed by atoms with Gasteiger partial charge in [-0.2, -0.15) is 0 Å². The molecule has 0 amide bonds. The summed E-state index contributed by atoms with van der Waals surface area (Å²) in [6, 6.07) is 4.76. The molecule has 0 unspecified atom stereocenters. The number of rotatable bonds is 4. The summed E-state index contributed by atoms with van der Waals surface area (Å²) in [6.07, 6.45) is 0.668. The van der Waals surface area contributed by atoms with E-state index in [1.165, 1.54) is 6.07 Å². The molecule has 1 aromatic rings. The fourth-order valence-corrected chi connectivity index (χ4v) is 1.98. The number of Topliss-reactive ketones (excluding diaryl/α,β-unsaturated/α-hetero) is 1. The van der Waals surface area contributed by atoms with Crippen LogP contribution >= 0.6 is 11.6 Å². The second-order valence-electron chi connectivity index (χ2n) is 4.16. The van der Waals surface area contributed by atoms with E-state index >= 15 is 0 Å². The highest BCUT2D eigenvalue weighted by Gasteiger charge is 2.20. The third-order valence-corrected chi connectivity index (χ3v) is 3.09. The van der Waals surface area contributed by atoms with Crippen LogP contribution in [0.5, 0.6) is 0 Å². The van der Waals surface area contributed by atoms with E-state index < -0.39 is 5.82 Å². The van der Waals surface area contributed by atoms with Crippen LogP contribution in [0.1, 0.15) is 12.0 Å². The van der Waals surface area contributed by atoms with Gasteiger partial charge in [-0.25, -0.2) is 4.39 Å². The number of carbonyl (C=O) groups excluding carboxylic acids is 1. The highest BCUT2D eigenvalue weighted by Crippen LogP contribution is 2.19. The van der Waals surface area contributed by atoms with Gasteiger partial charge in [0.25, 0.3) is 0 Å². The fourth-order valence-electron chi connectivity index (χ4n) is 1.78. The first-order valence-electron chi connectivity index (χ1n) is 5.32. The maximum absolute atomic E-state index is 13.5. The number of hydrogen-bond donors (Lipinski definition) is 1. The molecule has 1 heterocycles. The lowest BCUT2D eigenvalue weighted by Crippen LogP contribution is -2.43. The third-order valence-electron chi connectivity index (χ3n) is 2.80. The van der Waals surface area contributed by atoms with Crippen LogP contribution in [0.4, 0.5) is 4.39 Å². The lowest BCUT2D eigenvalue weighted by atomic mass is 9.94. The van der Waals surface area contributed by atoms with Crippen LogP contribution in [0.25, 0.3) is 0 Å². The summed E-state index contributed by atoms with van der Waals surface area (Å²) >= 11 is 5.65. The average Bonchev–Trinajstić information content (AvgIpc) is 2.19. The van der Waals surface area contributed by atoms with Crippen molar-refractivity contribution >= 4 is 17.4 Å². The SMILES string of the molecule is O=C(Cc1cccc(Cl)c1F)CC1CNC1. The van der Waals surface area contributed by atoms with Gasteiger partial charge < -0.3 is 5.32 Å². The fraction of sp³-hybridized carbons (Fsp3) is 0.417. The quantitative estimate of drug-likeness (QED) is 0.876. The zero-order chi connectivity index (χ0) is 11.5. The van der Waals surface area contributed by atoms with E-state index in [1.807, 2.05) is 0 Å². The minimum atomic E-state index is -0.468. The molecule has 2 nitrogen and oxygen atoms in total. The second kappa shape index (κ2) is 4.93. The summed E-state index contributed by atoms with van der Waals surface area (Å²) in [5.74, 6) is 0.0339. The molecule has 16 heavy (non-hydrogen) atoms. The van der Waals surface area contributed by atoms with E-state index in [-0.39, 0.29) is 17.2 Å². The van der Waals surface area contributed by atoms with Crippen molar-refractivity contribution in [3.8, 4) is 0 Å². The first kappa shape index (κ1) is 11.6. The Labute approximate surface area is 98.8 Å². The van der Waals surface area contributed by atoms with Gasteiger partial charge in [-0.05, 0) is 30.6 Å². The monoisotopic (exact) mass is 241 g/mol. The Kier molecular flexibility index (Phi) is 3.56. The smallest absolute Gasteiger partial charge is 0.145 e. The minimum absolute atomic E-state index is 0.0765. The highest BCUT2D eigenvalue weighted by atomic mass is 35.5. The summed E-state index contributed by atoms with van der Waals surface area (Å²) in [7, 11) is 0. The lowest BCUT2D eigenvalue weighted by molar-refractivity contribution is -0.119. The number of benzene rings is 1. The Hall–Kier alpha value is -0.930. The molecule has 4 heteroatoms. The van der Waals surface area contributed by atoms with Crippen molar-refractivity contribution in [3.63, 3.8) is 0 Å². The van der Waals surface area contributed by atoms with Crippen molar-refractivity contribution in [2.75, 3.05) is 13.1 Å². The summed E-state index contributed by atoms with van der Waals surface area (Å²) < 4.78 is 13.5. The van der Waals surface area contributed by atoms with Crippen LogP contribution in [0.3, 0.4) is 0 Å². The number of hydrogen-bond acceptors (Lipinski definition) is 2. The van der Waals surface area contributed by atoms with Crippen LogP contribution in [0.2, 0.25) is 5.02 Å². The molecule has 0 aliphatic carbocycles. The topological polar surface area (TPSA) is 29.1 Å². The van der Waals surface area contributed by atoms with Crippen LogP contribution < -0.4 is 5.32 Å². The van der Waals surface area contributed by atoms with Crippen molar-refractivity contribution in [1.29, 1.82) is 0 Å². The molecule has 1 saturated heterocycles. The number of carbonyl (C=O) groups is 1. The zero-order valence-electron chi connectivity index (χ0n) is 8.80. The van der Waals surface area contributed by atoms with Crippen molar-refractivity contribution in [1.82, 2.24) is 5.32 Å². The summed E-state index contributed by atoms with van der Waals surface area (Å²) in [6.45, 7) is 1.79. The number of halogens is 2. The van der Waals surface area contributed by atoms with E-state index in [4.69, 9.17) is 11.6 Å². The van der Waals surface area contributed by atoms with Gasteiger partial charge in [0.15, 0.2) is 0 Å². The Balaban J connectivity index is 1.97. The van der Waals surface area contributed by atoms with E-state index in [9.17, 15) is 9.18 Å². The standard InChI is InChI=1S/C12H13ClFNO/c13-11-3-1-2-9(12(11)14)5-10(16)4-8-6-15-7-8/h1-3,8,15H,4-7H2. The van der Waals surface area contributed by atoms with Gasteiger partial charge in [-0.3, -0.25) is 4.79 Å². The average molecular weight is 242 g/mol. The molecule has 1 aliphatic rings. The van der Waals surface area contributed by atoms with Gasteiger partial charge in [0.05, 0.1) is 5.02 Å². The van der Waals surface area contributed by atoms with Crippen LogP contribution in [0, 0.1) is 11.7 Å². The summed E-state index contributed by atoms with van der Waals surface area (Å²) in [5, 5.41) is 3.18. The Morgan fingerprint density at radius 1 is 1.50 bits per heavy atom. The Morgan fingerprint density at radius 2 is 2.25 bits per heavy atom. The molecule has 0 aromatic heterocycles. The second-order valence-corrected chi connectivity index (χ2v) is 4.56. The van der Waals surface area contributed by atoms with Gasteiger partial charge >= 0.3 is 0 Å². The largest absolute Gasteiger partial charge is 0.316 e. The molecule has 0 radical (unpaired) electrons. The zero-order valence-corrected chi connectivity index (χ0v) is 9.56. The number of ketones is 1. The molecule has 1 N–H and O–H groups in total. The highest BCUT2D eigenvalue weighted by molar-refractivity contribution is 6.30. The van der Waals surface area contributed by atoms with Crippen LogP contribution in [-0.2, 0) is 11.2 Å². The van der Waals surface area contributed by atoms with E-state index in [1.54, 1.807) is 12.1 Å². The first-order valence-corrected chi connectivity index (χ1v) is 5.70. The van der Waals surface area contributed by atoms with E-state index in [2.05, 4.69) is 5.32 Å². The normalized spacial score (nSPS) is 15.9. The molecule has 2 rings (SSSR count). The summed E-state index contributed by atoms with van der Waals surface area (Å²) in [5.41, 5.74) is 0.393. The summed E-state index contributed by atoms with van der Waals surface area (Å²) in [4.78, 5) is 11.6.